The average molecular weight is 367 g/mol. The number of nitrogens with one attached hydrogen (secondary N) is 1. The highest BCUT2D eigenvalue weighted by molar-refractivity contribution is 5.92. The molecule has 0 spiro atoms. The van der Waals surface area contributed by atoms with E-state index in [-0.39, 0.29) is 29.9 Å². The second-order valence-corrected chi connectivity index (χ2v) is 6.27. The van der Waals surface area contributed by atoms with Crippen molar-refractivity contribution >= 4 is 18.3 Å². The van der Waals surface area contributed by atoms with Crippen molar-refractivity contribution in [2.45, 2.75) is 19.3 Å². The third-order valence-corrected chi connectivity index (χ3v) is 4.66. The molecule has 1 aliphatic heterocycles. The van der Waals surface area contributed by atoms with E-state index >= 15 is 0 Å². The van der Waals surface area contributed by atoms with Gasteiger partial charge in [-0.15, -0.1) is 12.4 Å². The number of hydrogen-bond donors (Lipinski definition) is 1. The summed E-state index contributed by atoms with van der Waals surface area (Å²) in [6, 6.07) is 9.71. The van der Waals surface area contributed by atoms with Crippen molar-refractivity contribution in [3.05, 3.63) is 48.0 Å². The molecule has 1 fully saturated rings. The predicted octanol–water partition coefficient (Wildman–Crippen LogP) is 3.97. The molecule has 1 saturated heterocycles. The Kier molecular flexibility index (Phi) is 7.02. The van der Waals surface area contributed by atoms with Gasteiger partial charge in [-0.25, -0.2) is 4.39 Å². The lowest BCUT2D eigenvalue weighted by atomic mass is 9.93. The number of nitrogens with zero attached hydrogens (tertiary/aromatic N) is 1. The minimum absolute atomic E-state index is 0. The Morgan fingerprint density at radius 2 is 1.96 bits per heavy atom. The predicted molar refractivity (Wildman–Crippen MR) is 98.5 cm³/mol. The second-order valence-electron chi connectivity index (χ2n) is 6.27. The van der Waals surface area contributed by atoms with E-state index in [1.165, 1.54) is 6.07 Å². The number of piperidine rings is 1. The van der Waals surface area contributed by atoms with Gasteiger partial charge in [-0.05, 0) is 63.0 Å². The molecule has 25 heavy (non-hydrogen) atoms. The van der Waals surface area contributed by atoms with Gasteiger partial charge in [0.1, 0.15) is 11.6 Å². The number of carbonyl (C=O) groups is 1. The van der Waals surface area contributed by atoms with Gasteiger partial charge < -0.3 is 14.6 Å². The summed E-state index contributed by atoms with van der Waals surface area (Å²) in [6.45, 7) is 2.52. The van der Waals surface area contributed by atoms with E-state index in [1.54, 1.807) is 30.3 Å². The zero-order chi connectivity index (χ0) is 16.9. The van der Waals surface area contributed by atoms with E-state index in [9.17, 15) is 9.18 Å². The van der Waals surface area contributed by atoms with Crippen LogP contribution >= 0.6 is 12.4 Å². The molecule has 4 nitrogen and oxygen atoms in total. The monoisotopic (exact) mass is 366 g/mol. The lowest BCUT2D eigenvalue weighted by Crippen LogP contribution is -2.38. The van der Waals surface area contributed by atoms with Crippen LogP contribution < -0.4 is 5.32 Å². The molecular formula is C19H24ClFN2O2. The van der Waals surface area contributed by atoms with Crippen molar-refractivity contribution in [3.8, 4) is 11.3 Å². The highest BCUT2D eigenvalue weighted by Gasteiger charge is 2.25. The number of amides is 1. The summed E-state index contributed by atoms with van der Waals surface area (Å²) in [6.07, 6.45) is 3.19. The summed E-state index contributed by atoms with van der Waals surface area (Å²) < 4.78 is 19.4. The van der Waals surface area contributed by atoms with E-state index in [2.05, 4.69) is 5.32 Å². The molecule has 0 saturated carbocycles. The van der Waals surface area contributed by atoms with E-state index in [1.807, 2.05) is 11.9 Å². The van der Waals surface area contributed by atoms with E-state index < -0.39 is 0 Å². The number of rotatable bonds is 5. The molecule has 6 heteroatoms. The highest BCUT2D eigenvalue weighted by Crippen LogP contribution is 2.27. The van der Waals surface area contributed by atoms with Crippen molar-refractivity contribution < 1.29 is 13.6 Å². The van der Waals surface area contributed by atoms with Crippen LogP contribution in [0.1, 0.15) is 29.8 Å². The van der Waals surface area contributed by atoms with Crippen molar-refractivity contribution in [2.75, 3.05) is 26.7 Å². The molecule has 3 rings (SSSR count). The smallest absolute Gasteiger partial charge is 0.289 e. The first-order valence-electron chi connectivity index (χ1n) is 8.47. The summed E-state index contributed by atoms with van der Waals surface area (Å²) in [5.41, 5.74) is 0.377. The largest absolute Gasteiger partial charge is 0.451 e. The standard InChI is InChI=1S/C19H23FN2O2.ClH/c1-21-11-8-14-9-12-22(13-10-14)19(23)18-7-6-17(24-18)15-4-2-3-5-16(15)20;/h2-7,14,21H,8-13H2,1H3;1H. The Bertz CT molecular complexity index is 696. The Morgan fingerprint density at radius 1 is 1.24 bits per heavy atom. The van der Waals surface area contributed by atoms with Crippen LogP contribution in [0.5, 0.6) is 0 Å². The maximum atomic E-state index is 13.8. The first kappa shape index (κ1) is 19.5. The zero-order valence-electron chi connectivity index (χ0n) is 14.3. The van der Waals surface area contributed by atoms with Crippen LogP contribution in [0.4, 0.5) is 4.39 Å². The number of likely N-dealkylation sites (tertiary alicyclic amines) is 1. The van der Waals surface area contributed by atoms with E-state index in [0.717, 1.165) is 38.9 Å². The van der Waals surface area contributed by atoms with Crippen molar-refractivity contribution in [2.24, 2.45) is 5.92 Å². The van der Waals surface area contributed by atoms with E-state index in [0.29, 0.717) is 17.2 Å². The van der Waals surface area contributed by atoms with Gasteiger partial charge in [0.05, 0.1) is 5.56 Å². The Balaban J connectivity index is 0.00000225. The fourth-order valence-corrected chi connectivity index (χ4v) is 3.19. The van der Waals surface area contributed by atoms with Gasteiger partial charge in [0, 0.05) is 13.1 Å². The SMILES string of the molecule is CNCCC1CCN(C(=O)c2ccc(-c3ccccc3F)o2)CC1.Cl. The zero-order valence-corrected chi connectivity index (χ0v) is 15.2. The molecule has 1 aliphatic rings. The molecule has 1 N–H and O–H groups in total. The topological polar surface area (TPSA) is 45.5 Å². The number of benzene rings is 1. The van der Waals surface area contributed by atoms with Crippen LogP contribution in [0.2, 0.25) is 0 Å². The van der Waals surface area contributed by atoms with Crippen molar-refractivity contribution in [3.63, 3.8) is 0 Å². The molecule has 2 aromatic rings. The molecule has 0 unspecified atom stereocenters. The van der Waals surface area contributed by atoms with Gasteiger partial charge in [-0.3, -0.25) is 4.79 Å². The average Bonchev–Trinajstić information content (AvgIpc) is 3.10. The molecule has 1 aromatic heterocycles. The fourth-order valence-electron chi connectivity index (χ4n) is 3.19. The molecule has 2 heterocycles. The van der Waals surface area contributed by atoms with Gasteiger partial charge in [0.2, 0.25) is 0 Å². The number of hydrogen-bond acceptors (Lipinski definition) is 3. The molecule has 0 atom stereocenters. The van der Waals surface area contributed by atoms with Crippen LogP contribution in [-0.4, -0.2) is 37.5 Å². The lowest BCUT2D eigenvalue weighted by Gasteiger charge is -2.31. The maximum Gasteiger partial charge on any atom is 0.289 e. The molecule has 0 radical (unpaired) electrons. The Morgan fingerprint density at radius 3 is 2.64 bits per heavy atom. The van der Waals surface area contributed by atoms with Crippen LogP contribution in [0, 0.1) is 11.7 Å². The van der Waals surface area contributed by atoms with Crippen molar-refractivity contribution in [1.29, 1.82) is 0 Å². The van der Waals surface area contributed by atoms with Crippen LogP contribution in [-0.2, 0) is 0 Å². The lowest BCUT2D eigenvalue weighted by molar-refractivity contribution is 0.0656. The van der Waals surface area contributed by atoms with Gasteiger partial charge in [-0.1, -0.05) is 12.1 Å². The summed E-state index contributed by atoms with van der Waals surface area (Å²) >= 11 is 0. The van der Waals surface area contributed by atoms with Gasteiger partial charge >= 0.3 is 0 Å². The maximum absolute atomic E-state index is 13.8. The van der Waals surface area contributed by atoms with Gasteiger partial charge in [0.15, 0.2) is 5.76 Å². The second kappa shape index (κ2) is 9.02. The molecule has 0 aliphatic carbocycles. The van der Waals surface area contributed by atoms with Crippen LogP contribution in [0.25, 0.3) is 11.3 Å². The molecular weight excluding hydrogens is 343 g/mol. The summed E-state index contributed by atoms with van der Waals surface area (Å²) in [5, 5.41) is 3.17. The fraction of sp³-hybridized carbons (Fsp3) is 0.421. The van der Waals surface area contributed by atoms with Crippen molar-refractivity contribution in [1.82, 2.24) is 10.2 Å². The van der Waals surface area contributed by atoms with Gasteiger partial charge in [-0.2, -0.15) is 0 Å². The molecule has 0 bridgehead atoms. The minimum atomic E-state index is -0.351. The van der Waals surface area contributed by atoms with E-state index in [4.69, 9.17) is 4.42 Å². The Labute approximate surface area is 153 Å². The summed E-state index contributed by atoms with van der Waals surface area (Å²) in [7, 11) is 1.96. The number of carbonyl (C=O) groups excluding carboxylic acids is 1. The quantitative estimate of drug-likeness (QED) is 0.870. The normalized spacial score (nSPS) is 15.0. The minimum Gasteiger partial charge on any atom is -0.451 e. The Hall–Kier alpha value is -1.85. The molecule has 1 amide bonds. The van der Waals surface area contributed by atoms with Crippen LogP contribution in [0.3, 0.4) is 0 Å². The number of furan rings is 1. The molecule has 1 aromatic carbocycles. The summed E-state index contributed by atoms with van der Waals surface area (Å²) in [4.78, 5) is 14.4. The summed E-state index contributed by atoms with van der Waals surface area (Å²) in [5.74, 6) is 0.884. The van der Waals surface area contributed by atoms with Gasteiger partial charge in [0.25, 0.3) is 5.91 Å². The molecule has 136 valence electrons. The third kappa shape index (κ3) is 4.61. The third-order valence-electron chi connectivity index (χ3n) is 4.66. The number of halogens is 2. The first-order chi connectivity index (χ1) is 11.7. The first-order valence-corrected chi connectivity index (χ1v) is 8.47. The highest BCUT2D eigenvalue weighted by atomic mass is 35.5. The van der Waals surface area contributed by atoms with Crippen LogP contribution in [0.15, 0.2) is 40.8 Å².